The molecule has 0 fully saturated rings. The highest BCUT2D eigenvalue weighted by Crippen LogP contribution is 2.07. The van der Waals surface area contributed by atoms with E-state index in [0.717, 1.165) is 0 Å². The summed E-state index contributed by atoms with van der Waals surface area (Å²) < 4.78 is 10.2. The average Bonchev–Trinajstić information content (AvgIpc) is 2.42. The number of carbonyl (C=O) groups is 1. The van der Waals surface area contributed by atoms with E-state index in [2.05, 4.69) is 4.98 Å². The van der Waals surface area contributed by atoms with E-state index < -0.39 is 0 Å². The Kier molecular flexibility index (Phi) is 6.97. The summed E-state index contributed by atoms with van der Waals surface area (Å²) in [6.07, 6.45) is 1.80. The third-order valence-electron chi connectivity index (χ3n) is 2.98. The molecule has 1 rings (SSSR count). The second-order valence-electron chi connectivity index (χ2n) is 4.64. The molecular weight excluding hydrogens is 258 g/mol. The lowest BCUT2D eigenvalue weighted by molar-refractivity contribution is -0.134. The van der Waals surface area contributed by atoms with Crippen molar-refractivity contribution in [3.05, 3.63) is 24.0 Å². The van der Waals surface area contributed by atoms with Crippen molar-refractivity contribution in [1.29, 1.82) is 0 Å². The topological polar surface area (TPSA) is 77.7 Å². The molecule has 1 amide bonds. The van der Waals surface area contributed by atoms with Crippen LogP contribution < -0.4 is 5.73 Å². The molecule has 0 aliphatic rings. The summed E-state index contributed by atoms with van der Waals surface area (Å²) in [4.78, 5) is 18.3. The Balaban J connectivity index is 2.68. The van der Waals surface area contributed by atoms with Crippen molar-refractivity contribution >= 4 is 11.6 Å². The number of nitrogens with two attached hydrogens (primary N) is 1. The van der Waals surface area contributed by atoms with E-state index in [-0.39, 0.29) is 18.4 Å². The molecule has 1 atom stereocenters. The highest BCUT2D eigenvalue weighted by molar-refractivity contribution is 5.78. The lowest BCUT2D eigenvalue weighted by atomic mass is 10.2. The number of rotatable bonds is 8. The van der Waals surface area contributed by atoms with Crippen molar-refractivity contribution in [2.75, 3.05) is 39.7 Å². The Labute approximate surface area is 119 Å². The number of hydrogen-bond acceptors (Lipinski definition) is 5. The van der Waals surface area contributed by atoms with E-state index in [4.69, 9.17) is 15.2 Å². The summed E-state index contributed by atoms with van der Waals surface area (Å²) in [5.74, 6) is 0.00358. The Bertz CT molecular complexity index is 409. The van der Waals surface area contributed by atoms with Crippen molar-refractivity contribution in [3.63, 3.8) is 0 Å². The van der Waals surface area contributed by atoms with Gasteiger partial charge in [-0.05, 0) is 19.1 Å². The van der Waals surface area contributed by atoms with Crippen LogP contribution in [0.1, 0.15) is 12.6 Å². The second-order valence-corrected chi connectivity index (χ2v) is 4.64. The van der Waals surface area contributed by atoms with Crippen LogP contribution in [0.25, 0.3) is 0 Å². The summed E-state index contributed by atoms with van der Waals surface area (Å²) in [5.41, 5.74) is 6.87. The molecular formula is C14H23N3O3. The number of anilines is 1. The molecule has 20 heavy (non-hydrogen) atoms. The Morgan fingerprint density at radius 2 is 2.15 bits per heavy atom. The van der Waals surface area contributed by atoms with Gasteiger partial charge in [-0.1, -0.05) is 0 Å². The number of ether oxygens (including phenoxy) is 2. The smallest absolute Gasteiger partial charge is 0.228 e. The number of carbonyl (C=O) groups excluding carboxylic acids is 1. The molecule has 0 aliphatic carbocycles. The highest BCUT2D eigenvalue weighted by Gasteiger charge is 2.20. The fraction of sp³-hybridized carbons (Fsp3) is 0.571. The summed E-state index contributed by atoms with van der Waals surface area (Å²) in [7, 11) is 3.24. The van der Waals surface area contributed by atoms with Crippen molar-refractivity contribution < 1.29 is 14.3 Å². The van der Waals surface area contributed by atoms with Crippen LogP contribution in [0.15, 0.2) is 18.3 Å². The molecule has 0 spiro atoms. The van der Waals surface area contributed by atoms with Crippen LogP contribution in [0.3, 0.4) is 0 Å². The van der Waals surface area contributed by atoms with Gasteiger partial charge in [-0.15, -0.1) is 0 Å². The lowest BCUT2D eigenvalue weighted by Gasteiger charge is -2.28. The van der Waals surface area contributed by atoms with Crippen LogP contribution in [0.2, 0.25) is 0 Å². The zero-order valence-corrected chi connectivity index (χ0v) is 12.3. The molecule has 1 aromatic heterocycles. The minimum atomic E-state index is -0.00330. The molecule has 0 bridgehead atoms. The number of amides is 1. The van der Waals surface area contributed by atoms with E-state index in [1.165, 1.54) is 0 Å². The van der Waals surface area contributed by atoms with Gasteiger partial charge in [-0.3, -0.25) is 9.78 Å². The maximum Gasteiger partial charge on any atom is 0.228 e. The van der Waals surface area contributed by atoms with Gasteiger partial charge >= 0.3 is 0 Å². The molecule has 1 aromatic rings. The maximum absolute atomic E-state index is 12.4. The highest BCUT2D eigenvalue weighted by atomic mass is 16.5. The number of methoxy groups -OCH3 is 2. The molecule has 1 heterocycles. The van der Waals surface area contributed by atoms with Gasteiger partial charge in [0.25, 0.3) is 0 Å². The largest absolute Gasteiger partial charge is 0.397 e. The van der Waals surface area contributed by atoms with Crippen LogP contribution in [-0.2, 0) is 20.7 Å². The summed E-state index contributed by atoms with van der Waals surface area (Å²) in [5, 5.41) is 0. The number of pyridine rings is 1. The SMILES string of the molecule is COCCN(C(=O)Cc1ccc(N)cn1)C(C)COC. The fourth-order valence-electron chi connectivity index (χ4n) is 1.91. The molecule has 1 unspecified atom stereocenters. The van der Waals surface area contributed by atoms with Crippen molar-refractivity contribution in [3.8, 4) is 0 Å². The van der Waals surface area contributed by atoms with E-state index >= 15 is 0 Å². The minimum absolute atomic E-state index is 0.00330. The Morgan fingerprint density at radius 1 is 1.40 bits per heavy atom. The van der Waals surface area contributed by atoms with E-state index in [0.29, 0.717) is 31.1 Å². The molecule has 6 nitrogen and oxygen atoms in total. The van der Waals surface area contributed by atoms with Gasteiger partial charge in [0.2, 0.25) is 5.91 Å². The number of nitrogens with zero attached hydrogens (tertiary/aromatic N) is 2. The first kappa shape index (κ1) is 16.4. The number of aromatic nitrogens is 1. The third kappa shape index (κ3) is 5.14. The Hall–Kier alpha value is -1.66. The molecule has 0 saturated carbocycles. The standard InChI is InChI=1S/C14H23N3O3/c1-11(10-20-3)17(6-7-19-2)14(18)8-13-5-4-12(15)9-16-13/h4-5,9,11H,6-8,10,15H2,1-3H3. The average molecular weight is 281 g/mol. The van der Waals surface area contributed by atoms with Gasteiger partial charge in [0.05, 0.1) is 37.6 Å². The summed E-state index contributed by atoms with van der Waals surface area (Å²) in [6, 6.07) is 3.51. The Morgan fingerprint density at radius 3 is 2.70 bits per heavy atom. The molecule has 0 aromatic carbocycles. The van der Waals surface area contributed by atoms with Crippen molar-refractivity contribution in [1.82, 2.24) is 9.88 Å². The van der Waals surface area contributed by atoms with Gasteiger partial charge in [-0.25, -0.2) is 0 Å². The van der Waals surface area contributed by atoms with Gasteiger partial charge in [0, 0.05) is 26.5 Å². The van der Waals surface area contributed by atoms with E-state index in [1.807, 2.05) is 6.92 Å². The normalized spacial score (nSPS) is 12.2. The molecule has 0 aliphatic heterocycles. The maximum atomic E-state index is 12.4. The quantitative estimate of drug-likeness (QED) is 0.759. The third-order valence-corrected chi connectivity index (χ3v) is 2.98. The van der Waals surface area contributed by atoms with Crippen LogP contribution in [0.5, 0.6) is 0 Å². The van der Waals surface area contributed by atoms with Gasteiger partial charge in [0.15, 0.2) is 0 Å². The first-order chi connectivity index (χ1) is 9.58. The monoisotopic (exact) mass is 281 g/mol. The van der Waals surface area contributed by atoms with Crippen molar-refractivity contribution in [2.24, 2.45) is 0 Å². The summed E-state index contributed by atoms with van der Waals surface area (Å²) in [6.45, 7) is 3.47. The molecule has 6 heteroatoms. The minimum Gasteiger partial charge on any atom is -0.397 e. The zero-order valence-electron chi connectivity index (χ0n) is 12.3. The predicted molar refractivity (Wildman–Crippen MR) is 77.3 cm³/mol. The van der Waals surface area contributed by atoms with Gasteiger partial charge in [0.1, 0.15) is 0 Å². The van der Waals surface area contributed by atoms with E-state index in [1.54, 1.807) is 37.4 Å². The fourth-order valence-corrected chi connectivity index (χ4v) is 1.91. The molecule has 0 radical (unpaired) electrons. The molecule has 0 saturated heterocycles. The van der Waals surface area contributed by atoms with Gasteiger partial charge in [-0.2, -0.15) is 0 Å². The zero-order chi connectivity index (χ0) is 15.0. The number of nitrogen functional groups attached to an aromatic ring is 1. The lowest BCUT2D eigenvalue weighted by Crippen LogP contribution is -2.43. The van der Waals surface area contributed by atoms with Crippen LogP contribution in [-0.4, -0.2) is 55.8 Å². The van der Waals surface area contributed by atoms with Crippen LogP contribution in [0, 0.1) is 0 Å². The van der Waals surface area contributed by atoms with E-state index in [9.17, 15) is 4.79 Å². The van der Waals surface area contributed by atoms with Gasteiger partial charge < -0.3 is 20.1 Å². The van der Waals surface area contributed by atoms with Crippen LogP contribution >= 0.6 is 0 Å². The first-order valence-corrected chi connectivity index (χ1v) is 6.56. The molecule has 112 valence electrons. The predicted octanol–water partition coefficient (Wildman–Crippen LogP) is 0.716. The number of hydrogen-bond donors (Lipinski definition) is 1. The van der Waals surface area contributed by atoms with Crippen molar-refractivity contribution in [2.45, 2.75) is 19.4 Å². The summed E-state index contributed by atoms with van der Waals surface area (Å²) >= 11 is 0. The second kappa shape index (κ2) is 8.50. The molecule has 2 N–H and O–H groups in total. The van der Waals surface area contributed by atoms with Crippen LogP contribution in [0.4, 0.5) is 5.69 Å². The first-order valence-electron chi connectivity index (χ1n) is 6.56.